The van der Waals surface area contributed by atoms with Gasteiger partial charge in [0.25, 0.3) is 0 Å². The van der Waals surface area contributed by atoms with Gasteiger partial charge < -0.3 is 35.2 Å². The van der Waals surface area contributed by atoms with Gasteiger partial charge in [0.05, 0.1) is 12.3 Å². The Morgan fingerprint density at radius 2 is 1.76 bits per heavy atom. The summed E-state index contributed by atoms with van der Waals surface area (Å²) in [5.41, 5.74) is 7.15. The number of pyridine rings is 1. The van der Waals surface area contributed by atoms with Crippen molar-refractivity contribution in [2.75, 3.05) is 75.4 Å². The molecule has 1 saturated carbocycles. The van der Waals surface area contributed by atoms with Crippen molar-refractivity contribution in [2.24, 2.45) is 11.0 Å². The summed E-state index contributed by atoms with van der Waals surface area (Å²) in [5.74, 6) is -0.274. The first kappa shape index (κ1) is 49.5. The minimum atomic E-state index is -0.850. The van der Waals surface area contributed by atoms with Crippen LogP contribution in [0.5, 0.6) is 5.75 Å². The summed E-state index contributed by atoms with van der Waals surface area (Å²) in [6.45, 7) is 9.18. The third-order valence-electron chi connectivity index (χ3n) is 12.7. The second-order valence-corrected chi connectivity index (χ2v) is 21.3. The number of hydrogen-bond acceptors (Lipinski definition) is 12. The number of nitrogens with zero attached hydrogens (tertiary/aromatic N) is 6. The van der Waals surface area contributed by atoms with Gasteiger partial charge in [0.2, 0.25) is 17.7 Å². The van der Waals surface area contributed by atoms with Crippen LogP contribution in [-0.4, -0.2) is 136 Å². The minimum Gasteiger partial charge on any atom is -0.494 e. The molecular weight excluding hydrogens is 898 g/mol. The molecule has 2 saturated heterocycles. The second kappa shape index (κ2) is 23.1. The van der Waals surface area contributed by atoms with Crippen LogP contribution >= 0.6 is 21.6 Å². The molecule has 1 aromatic heterocycles. The number of likely N-dealkylation sites (tertiary alicyclic amines) is 1. The number of halogens is 1. The smallest absolute Gasteiger partial charge is 0.317 e. The van der Waals surface area contributed by atoms with Gasteiger partial charge in [0.15, 0.2) is 0 Å². The van der Waals surface area contributed by atoms with Crippen molar-refractivity contribution < 1.29 is 38.2 Å². The third kappa shape index (κ3) is 14.1. The third-order valence-corrected chi connectivity index (χ3v) is 16.0. The topological polar surface area (TPSA) is 189 Å². The fourth-order valence-electron chi connectivity index (χ4n) is 8.80. The van der Waals surface area contributed by atoms with Crippen LogP contribution in [0.15, 0.2) is 66.0 Å². The number of carbonyl (C=O) groups is 5. The Balaban J connectivity index is 0.746. The number of carboxylic acid groups (broad SMARTS) is 1. The summed E-state index contributed by atoms with van der Waals surface area (Å²) in [5, 5.41) is 19.0. The summed E-state index contributed by atoms with van der Waals surface area (Å²) < 4.78 is 20.4. The summed E-state index contributed by atoms with van der Waals surface area (Å²) in [6, 6.07) is 14.1. The van der Waals surface area contributed by atoms with Crippen LogP contribution in [0.2, 0.25) is 0 Å². The molecule has 4 aliphatic rings. The Labute approximate surface area is 399 Å². The first-order chi connectivity index (χ1) is 32.2. The van der Waals surface area contributed by atoms with E-state index in [1.807, 2.05) is 56.1 Å². The maximum absolute atomic E-state index is 15.0. The van der Waals surface area contributed by atoms with E-state index in [0.29, 0.717) is 80.8 Å². The fourth-order valence-corrected chi connectivity index (χ4v) is 11.3. The van der Waals surface area contributed by atoms with Crippen LogP contribution < -0.4 is 25.7 Å². The number of amides is 5. The molecule has 2 unspecified atom stereocenters. The highest BCUT2D eigenvalue weighted by atomic mass is 33.1. The lowest BCUT2D eigenvalue weighted by molar-refractivity contribution is -0.137. The Kier molecular flexibility index (Phi) is 17.0. The molecule has 0 radical (unpaired) electrons. The van der Waals surface area contributed by atoms with Gasteiger partial charge in [0.1, 0.15) is 11.6 Å². The zero-order valence-corrected chi connectivity index (χ0v) is 40.1. The lowest BCUT2D eigenvalue weighted by Gasteiger charge is -2.42. The fraction of sp³-hybridized carbons (Fsp3) is 0.521. The van der Waals surface area contributed by atoms with E-state index >= 15 is 4.39 Å². The molecule has 0 spiro atoms. The van der Waals surface area contributed by atoms with Crippen LogP contribution in [0.25, 0.3) is 0 Å². The maximum atomic E-state index is 15.0. The van der Waals surface area contributed by atoms with Crippen LogP contribution in [0.4, 0.5) is 20.6 Å². The van der Waals surface area contributed by atoms with E-state index in [9.17, 15) is 24.0 Å². The summed E-state index contributed by atoms with van der Waals surface area (Å²) in [4.78, 5) is 75.1. The van der Waals surface area contributed by atoms with Gasteiger partial charge in [-0.1, -0.05) is 33.7 Å². The Morgan fingerprint density at radius 1 is 0.970 bits per heavy atom. The number of hydrazone groups is 1. The van der Waals surface area contributed by atoms with E-state index in [2.05, 4.69) is 35.9 Å². The highest BCUT2D eigenvalue weighted by Crippen LogP contribution is 2.47. The van der Waals surface area contributed by atoms with Crippen LogP contribution in [0.3, 0.4) is 0 Å². The lowest BCUT2D eigenvalue weighted by atomic mass is 10.00. The molecule has 4 N–H and O–H groups in total. The predicted octanol–water partition coefficient (Wildman–Crippen LogP) is 6.33. The summed E-state index contributed by atoms with van der Waals surface area (Å²) >= 11 is 0. The molecule has 16 nitrogen and oxygen atoms in total. The SMILES string of the molecule is CN1CC/C(=N\NC(=O)CC(C)(C)SSCCC(=O)N2CCN(C3CCN(C(=O)NCc4ccc(NC(=O)C5CC5c5cccnc5)cc4F)CC3)CC2)c2ccc(OCCCC(=O)O)cc21. The van der Waals surface area contributed by atoms with E-state index in [4.69, 9.17) is 9.84 Å². The number of urea groups is 1. The minimum absolute atomic E-state index is 0.0408. The van der Waals surface area contributed by atoms with Crippen molar-refractivity contribution in [1.29, 1.82) is 0 Å². The van der Waals surface area contributed by atoms with Gasteiger partial charge in [-0.25, -0.2) is 14.6 Å². The number of piperazine rings is 1. The number of hydrogen-bond donors (Lipinski definition) is 4. The van der Waals surface area contributed by atoms with E-state index < -0.39 is 11.8 Å². The molecule has 67 heavy (non-hydrogen) atoms. The second-order valence-electron chi connectivity index (χ2n) is 18.2. The number of benzene rings is 2. The van der Waals surface area contributed by atoms with E-state index in [1.54, 1.807) is 51.0 Å². The van der Waals surface area contributed by atoms with E-state index in [-0.39, 0.29) is 59.7 Å². The molecule has 360 valence electrons. The van der Waals surface area contributed by atoms with Crippen molar-refractivity contribution in [3.63, 3.8) is 0 Å². The predicted molar refractivity (Wildman–Crippen MR) is 260 cm³/mol. The van der Waals surface area contributed by atoms with Gasteiger partial charge in [-0.2, -0.15) is 5.10 Å². The number of piperidine rings is 1. The van der Waals surface area contributed by atoms with Crippen molar-refractivity contribution in [2.45, 2.75) is 88.5 Å². The van der Waals surface area contributed by atoms with Gasteiger partial charge in [-0.05, 0) is 81.3 Å². The van der Waals surface area contributed by atoms with Crippen LogP contribution in [-0.2, 0) is 25.7 Å². The van der Waals surface area contributed by atoms with Gasteiger partial charge >= 0.3 is 12.0 Å². The van der Waals surface area contributed by atoms with Gasteiger partial charge in [-0.3, -0.25) is 29.1 Å². The van der Waals surface area contributed by atoms with Crippen molar-refractivity contribution in [1.82, 2.24) is 30.4 Å². The average Bonchev–Trinajstić information content (AvgIpc) is 4.13. The van der Waals surface area contributed by atoms with Gasteiger partial charge in [0, 0.05) is 149 Å². The maximum Gasteiger partial charge on any atom is 0.317 e. The number of carbonyl (C=O) groups excluding carboxylic acids is 4. The van der Waals surface area contributed by atoms with Gasteiger partial charge in [-0.15, -0.1) is 0 Å². The lowest BCUT2D eigenvalue weighted by Crippen LogP contribution is -2.55. The number of aliphatic carboxylic acids is 1. The zero-order valence-electron chi connectivity index (χ0n) is 38.5. The monoisotopic (exact) mass is 959 g/mol. The largest absolute Gasteiger partial charge is 0.494 e. The number of carboxylic acids is 1. The van der Waals surface area contributed by atoms with Crippen molar-refractivity contribution in [3.05, 3.63) is 83.4 Å². The Hall–Kier alpha value is -5.40. The van der Waals surface area contributed by atoms with Crippen LogP contribution in [0, 0.1) is 11.7 Å². The Bertz CT molecular complexity index is 2270. The quantitative estimate of drug-likeness (QED) is 0.0596. The first-order valence-electron chi connectivity index (χ1n) is 23.1. The summed E-state index contributed by atoms with van der Waals surface area (Å²) in [7, 11) is 5.18. The summed E-state index contributed by atoms with van der Waals surface area (Å²) in [6.07, 6.45) is 7.68. The molecule has 5 amide bonds. The molecule has 2 atom stereocenters. The van der Waals surface area contributed by atoms with E-state index in [0.717, 1.165) is 61.4 Å². The highest BCUT2D eigenvalue weighted by Gasteiger charge is 2.44. The van der Waals surface area contributed by atoms with Crippen molar-refractivity contribution >= 4 is 68.4 Å². The number of nitrogens with one attached hydrogen (secondary N) is 3. The molecule has 4 heterocycles. The number of ether oxygens (including phenoxy) is 1. The molecule has 7 rings (SSSR count). The molecule has 3 aromatic rings. The number of fused-ring (bicyclic) bond motifs is 1. The molecule has 3 fully saturated rings. The number of rotatable bonds is 19. The number of anilines is 2. The normalized spacial score (nSPS) is 19.4. The first-order valence-corrected chi connectivity index (χ1v) is 25.4. The van der Waals surface area contributed by atoms with Crippen LogP contribution in [0.1, 0.15) is 87.8 Å². The van der Waals surface area contributed by atoms with Crippen molar-refractivity contribution in [3.8, 4) is 5.75 Å². The zero-order chi connectivity index (χ0) is 47.5. The Morgan fingerprint density at radius 3 is 2.49 bits per heavy atom. The molecular formula is C48H62FN9O7S2. The molecule has 3 aliphatic heterocycles. The average molecular weight is 960 g/mol. The van der Waals surface area contributed by atoms with E-state index in [1.165, 1.54) is 6.07 Å². The number of aromatic nitrogens is 1. The standard InChI is InChI=1S/C48H62FN9O7S2/c1-48(2,29-43(59)54-53-41-14-17-55(3)42-27-36(10-11-37(41)42)65-24-5-7-45(61)62)67-66-25-15-44(60)57-22-20-56(21-23-57)35-12-18-58(19-13-35)47(64)51-31-33-8-9-34(26-40(33)49)52-46(63)39-28-38(39)32-6-4-16-50-30-32/h4,6,8-11,16,26-27,30,35,38-39H,5,7,12-15,17-25,28-29,31H2,1-3H3,(H,51,64)(H,52,63)(H,54,59)(H,61,62)/b53-41+. The molecule has 0 bridgehead atoms. The molecule has 2 aromatic carbocycles. The molecule has 19 heteroatoms. The highest BCUT2D eigenvalue weighted by molar-refractivity contribution is 8.77. The molecule has 1 aliphatic carbocycles.